The van der Waals surface area contributed by atoms with Gasteiger partial charge in [0, 0.05) is 23.2 Å². The van der Waals surface area contributed by atoms with E-state index in [-0.39, 0.29) is 17.9 Å². The van der Waals surface area contributed by atoms with Crippen LogP contribution in [0.3, 0.4) is 0 Å². The first kappa shape index (κ1) is 13.4. The smallest absolute Gasteiger partial charge is 0.224 e. The van der Waals surface area contributed by atoms with Gasteiger partial charge in [-0.05, 0) is 25.0 Å². The van der Waals surface area contributed by atoms with E-state index in [1.165, 1.54) is 4.90 Å². The molecule has 0 aliphatic heterocycles. The Bertz CT molecular complexity index is 383. The van der Waals surface area contributed by atoms with Crippen LogP contribution in [0, 0.1) is 5.92 Å². The molecule has 2 atom stereocenters. The van der Waals surface area contributed by atoms with Gasteiger partial charge in [-0.2, -0.15) is 0 Å². The van der Waals surface area contributed by atoms with Gasteiger partial charge < -0.3 is 11.1 Å². The first-order valence-electron chi connectivity index (χ1n) is 6.48. The summed E-state index contributed by atoms with van der Waals surface area (Å²) in [5, 5.41) is 2.99. The number of benzene rings is 1. The highest BCUT2D eigenvalue weighted by molar-refractivity contribution is 7.99. The van der Waals surface area contributed by atoms with Gasteiger partial charge in [-0.15, -0.1) is 11.8 Å². The van der Waals surface area contributed by atoms with E-state index < -0.39 is 0 Å². The van der Waals surface area contributed by atoms with Crippen LogP contribution in [0.5, 0.6) is 0 Å². The van der Waals surface area contributed by atoms with Crippen molar-refractivity contribution in [3.05, 3.63) is 30.3 Å². The number of hydrogen-bond donors (Lipinski definition) is 2. The lowest BCUT2D eigenvalue weighted by molar-refractivity contribution is -0.125. The second kappa shape index (κ2) is 6.81. The van der Waals surface area contributed by atoms with E-state index in [1.807, 2.05) is 18.2 Å². The van der Waals surface area contributed by atoms with Gasteiger partial charge in [0.1, 0.15) is 0 Å². The average Bonchev–Trinajstić information content (AvgIpc) is 2.82. The third kappa shape index (κ3) is 3.75. The molecule has 0 spiro atoms. The van der Waals surface area contributed by atoms with E-state index in [0.29, 0.717) is 6.54 Å². The zero-order chi connectivity index (χ0) is 12.8. The summed E-state index contributed by atoms with van der Waals surface area (Å²) >= 11 is 1.76. The molecule has 1 aromatic carbocycles. The van der Waals surface area contributed by atoms with Crippen molar-refractivity contribution >= 4 is 17.7 Å². The Labute approximate surface area is 113 Å². The number of hydrogen-bond acceptors (Lipinski definition) is 3. The van der Waals surface area contributed by atoms with Gasteiger partial charge in [0.25, 0.3) is 0 Å². The largest absolute Gasteiger partial charge is 0.355 e. The third-order valence-corrected chi connectivity index (χ3v) is 4.33. The van der Waals surface area contributed by atoms with Gasteiger partial charge in [-0.1, -0.05) is 24.6 Å². The van der Waals surface area contributed by atoms with Crippen LogP contribution in [0.2, 0.25) is 0 Å². The van der Waals surface area contributed by atoms with Crippen LogP contribution in [0.1, 0.15) is 19.3 Å². The molecule has 1 amide bonds. The van der Waals surface area contributed by atoms with Crippen molar-refractivity contribution in [3.8, 4) is 0 Å². The molecule has 1 fully saturated rings. The van der Waals surface area contributed by atoms with Crippen molar-refractivity contribution < 1.29 is 4.79 Å². The topological polar surface area (TPSA) is 55.1 Å². The Kier molecular flexibility index (Phi) is 5.08. The van der Waals surface area contributed by atoms with Gasteiger partial charge in [0.05, 0.1) is 5.92 Å². The zero-order valence-electron chi connectivity index (χ0n) is 10.5. The van der Waals surface area contributed by atoms with Gasteiger partial charge >= 0.3 is 0 Å². The molecule has 3 N–H and O–H groups in total. The van der Waals surface area contributed by atoms with Crippen LogP contribution in [0.4, 0.5) is 0 Å². The van der Waals surface area contributed by atoms with Crippen LogP contribution >= 0.6 is 11.8 Å². The fourth-order valence-electron chi connectivity index (χ4n) is 2.31. The first-order valence-corrected chi connectivity index (χ1v) is 7.47. The van der Waals surface area contributed by atoms with Crippen molar-refractivity contribution in [2.75, 3.05) is 12.3 Å². The Morgan fingerprint density at radius 2 is 2.11 bits per heavy atom. The Morgan fingerprint density at radius 1 is 1.33 bits per heavy atom. The standard InChI is InChI=1S/C14H20N2OS/c15-13-8-4-7-12(13)14(17)16-9-10-18-11-5-2-1-3-6-11/h1-3,5-6,12-13H,4,7-10,15H2,(H,16,17). The van der Waals surface area contributed by atoms with E-state index in [9.17, 15) is 4.79 Å². The van der Waals surface area contributed by atoms with Crippen molar-refractivity contribution in [2.24, 2.45) is 11.7 Å². The van der Waals surface area contributed by atoms with Gasteiger partial charge in [-0.3, -0.25) is 4.79 Å². The average molecular weight is 264 g/mol. The molecular formula is C14H20N2OS. The summed E-state index contributed by atoms with van der Waals surface area (Å²) in [7, 11) is 0. The molecule has 98 valence electrons. The Morgan fingerprint density at radius 3 is 2.78 bits per heavy atom. The van der Waals surface area contributed by atoms with Crippen LogP contribution in [0.25, 0.3) is 0 Å². The van der Waals surface area contributed by atoms with Crippen LogP contribution < -0.4 is 11.1 Å². The molecule has 3 nitrogen and oxygen atoms in total. The number of rotatable bonds is 5. The number of carbonyl (C=O) groups is 1. The van der Waals surface area contributed by atoms with E-state index in [4.69, 9.17) is 5.73 Å². The summed E-state index contributed by atoms with van der Waals surface area (Å²) in [6, 6.07) is 10.3. The van der Waals surface area contributed by atoms with Gasteiger partial charge in [0.15, 0.2) is 0 Å². The summed E-state index contributed by atoms with van der Waals surface area (Å²) in [5.74, 6) is 1.07. The molecule has 4 heteroatoms. The number of thioether (sulfide) groups is 1. The highest BCUT2D eigenvalue weighted by Gasteiger charge is 2.29. The number of carbonyl (C=O) groups excluding carboxylic acids is 1. The predicted octanol–water partition coefficient (Wildman–Crippen LogP) is 2.02. The minimum atomic E-state index is 0.0340. The van der Waals surface area contributed by atoms with Gasteiger partial charge in [0.2, 0.25) is 5.91 Å². The molecule has 1 aromatic rings. The van der Waals surface area contributed by atoms with Crippen LogP contribution in [-0.2, 0) is 4.79 Å². The highest BCUT2D eigenvalue weighted by Crippen LogP contribution is 2.24. The number of nitrogens with one attached hydrogen (secondary N) is 1. The van der Waals surface area contributed by atoms with E-state index in [2.05, 4.69) is 17.4 Å². The maximum Gasteiger partial charge on any atom is 0.224 e. The molecule has 0 radical (unpaired) electrons. The molecule has 1 aliphatic rings. The lowest BCUT2D eigenvalue weighted by Gasteiger charge is -2.14. The molecule has 2 unspecified atom stereocenters. The number of nitrogens with two attached hydrogens (primary N) is 1. The summed E-state index contributed by atoms with van der Waals surface area (Å²) in [6.07, 6.45) is 3.01. The SMILES string of the molecule is NC1CCCC1C(=O)NCCSc1ccccc1. The maximum atomic E-state index is 11.9. The van der Waals surface area contributed by atoms with Crippen molar-refractivity contribution in [1.82, 2.24) is 5.32 Å². The fraction of sp³-hybridized carbons (Fsp3) is 0.500. The van der Waals surface area contributed by atoms with Crippen molar-refractivity contribution in [1.29, 1.82) is 0 Å². The van der Waals surface area contributed by atoms with E-state index >= 15 is 0 Å². The van der Waals surface area contributed by atoms with Gasteiger partial charge in [-0.25, -0.2) is 0 Å². The minimum absolute atomic E-state index is 0.0340. The number of amides is 1. The molecule has 1 saturated carbocycles. The Hall–Kier alpha value is -1.00. The molecule has 0 aromatic heterocycles. The quantitative estimate of drug-likeness (QED) is 0.632. The molecular weight excluding hydrogens is 244 g/mol. The second-order valence-corrected chi connectivity index (χ2v) is 5.82. The Balaban J connectivity index is 1.65. The molecule has 0 heterocycles. The summed E-state index contributed by atoms with van der Waals surface area (Å²) < 4.78 is 0. The van der Waals surface area contributed by atoms with E-state index in [0.717, 1.165) is 25.0 Å². The van der Waals surface area contributed by atoms with Crippen molar-refractivity contribution in [2.45, 2.75) is 30.2 Å². The summed E-state index contributed by atoms with van der Waals surface area (Å²) in [4.78, 5) is 13.1. The van der Waals surface area contributed by atoms with Crippen LogP contribution in [-0.4, -0.2) is 24.2 Å². The second-order valence-electron chi connectivity index (χ2n) is 4.65. The molecule has 2 rings (SSSR count). The lowest BCUT2D eigenvalue weighted by atomic mass is 10.0. The van der Waals surface area contributed by atoms with E-state index in [1.54, 1.807) is 11.8 Å². The fourth-order valence-corrected chi connectivity index (χ4v) is 3.09. The normalized spacial score (nSPS) is 22.9. The minimum Gasteiger partial charge on any atom is -0.355 e. The summed E-state index contributed by atoms with van der Waals surface area (Å²) in [6.45, 7) is 0.710. The molecule has 1 aliphatic carbocycles. The lowest BCUT2D eigenvalue weighted by Crippen LogP contribution is -2.39. The maximum absolute atomic E-state index is 11.9. The third-order valence-electron chi connectivity index (χ3n) is 3.32. The zero-order valence-corrected chi connectivity index (χ0v) is 11.3. The monoisotopic (exact) mass is 264 g/mol. The van der Waals surface area contributed by atoms with Crippen LogP contribution in [0.15, 0.2) is 35.2 Å². The highest BCUT2D eigenvalue weighted by atomic mass is 32.2. The summed E-state index contributed by atoms with van der Waals surface area (Å²) in [5.41, 5.74) is 5.91. The first-order chi connectivity index (χ1) is 8.77. The predicted molar refractivity (Wildman–Crippen MR) is 75.5 cm³/mol. The van der Waals surface area contributed by atoms with Crippen molar-refractivity contribution in [3.63, 3.8) is 0 Å². The molecule has 18 heavy (non-hydrogen) atoms. The molecule has 0 bridgehead atoms. The molecule has 0 saturated heterocycles.